The summed E-state index contributed by atoms with van der Waals surface area (Å²) in [5.41, 5.74) is 8.75. The van der Waals surface area contributed by atoms with Gasteiger partial charge in [-0.15, -0.1) is 0 Å². The van der Waals surface area contributed by atoms with E-state index in [2.05, 4.69) is 145 Å². The summed E-state index contributed by atoms with van der Waals surface area (Å²) in [5, 5.41) is 2.56. The zero-order chi connectivity index (χ0) is 23.2. The zero-order valence-corrected chi connectivity index (χ0v) is 21.1. The molecular formula is C31H28BrN. The molecule has 1 aromatic heterocycles. The Morgan fingerprint density at radius 1 is 0.727 bits per heavy atom. The van der Waals surface area contributed by atoms with Crippen LogP contribution in [0.4, 0.5) is 0 Å². The van der Waals surface area contributed by atoms with Gasteiger partial charge in [0.25, 0.3) is 0 Å². The molecule has 0 aliphatic carbocycles. The third kappa shape index (κ3) is 4.05. The van der Waals surface area contributed by atoms with E-state index in [1.807, 2.05) is 0 Å². The number of hydrogen-bond donors (Lipinski definition) is 0. The SMILES string of the molecule is C/C=C/c1ccc2c3ccccc3n(-c3ccc(-c4cc(Br)cc(C(C)(C)C)c4)cc3)c2c1. The summed E-state index contributed by atoms with van der Waals surface area (Å²) >= 11 is 3.71. The van der Waals surface area contributed by atoms with Crippen LogP contribution in [0.3, 0.4) is 0 Å². The molecule has 1 nitrogen and oxygen atoms in total. The van der Waals surface area contributed by atoms with Gasteiger partial charge in [0.2, 0.25) is 0 Å². The largest absolute Gasteiger partial charge is 0.309 e. The first-order chi connectivity index (χ1) is 15.8. The number of allylic oxidation sites excluding steroid dienone is 1. The molecule has 0 aliphatic rings. The molecule has 0 saturated carbocycles. The Hall–Kier alpha value is -3.10. The first-order valence-corrected chi connectivity index (χ1v) is 12.2. The molecule has 2 heteroatoms. The molecule has 0 atom stereocenters. The van der Waals surface area contributed by atoms with Crippen molar-refractivity contribution in [2.75, 3.05) is 0 Å². The molecule has 0 unspecified atom stereocenters. The van der Waals surface area contributed by atoms with Crippen LogP contribution >= 0.6 is 15.9 Å². The van der Waals surface area contributed by atoms with Crippen molar-refractivity contribution < 1.29 is 0 Å². The highest BCUT2D eigenvalue weighted by Gasteiger charge is 2.16. The lowest BCUT2D eigenvalue weighted by Gasteiger charge is -2.20. The van der Waals surface area contributed by atoms with Gasteiger partial charge < -0.3 is 4.57 Å². The van der Waals surface area contributed by atoms with Crippen LogP contribution in [0.25, 0.3) is 44.7 Å². The third-order valence-electron chi connectivity index (χ3n) is 6.28. The predicted octanol–water partition coefficient (Wildman–Crippen LogP) is 9.54. The molecule has 5 aromatic rings. The summed E-state index contributed by atoms with van der Waals surface area (Å²) in [6, 6.07) is 31.1. The average molecular weight is 494 g/mol. The van der Waals surface area contributed by atoms with Crippen molar-refractivity contribution in [1.29, 1.82) is 0 Å². The highest BCUT2D eigenvalue weighted by Crippen LogP contribution is 2.35. The van der Waals surface area contributed by atoms with E-state index in [-0.39, 0.29) is 5.41 Å². The van der Waals surface area contributed by atoms with Crippen LogP contribution in [0, 0.1) is 0 Å². The van der Waals surface area contributed by atoms with Gasteiger partial charge in [0.1, 0.15) is 0 Å². The minimum Gasteiger partial charge on any atom is -0.309 e. The van der Waals surface area contributed by atoms with E-state index in [9.17, 15) is 0 Å². The van der Waals surface area contributed by atoms with Gasteiger partial charge in [0.05, 0.1) is 11.0 Å². The van der Waals surface area contributed by atoms with Crippen LogP contribution in [-0.4, -0.2) is 4.57 Å². The summed E-state index contributed by atoms with van der Waals surface area (Å²) in [6.07, 6.45) is 4.25. The maximum atomic E-state index is 3.71. The smallest absolute Gasteiger partial charge is 0.0547 e. The van der Waals surface area contributed by atoms with Crippen LogP contribution in [0.5, 0.6) is 0 Å². The average Bonchev–Trinajstić information content (AvgIpc) is 3.12. The van der Waals surface area contributed by atoms with E-state index in [4.69, 9.17) is 0 Å². The van der Waals surface area contributed by atoms with Crippen LogP contribution in [-0.2, 0) is 5.41 Å². The lowest BCUT2D eigenvalue weighted by molar-refractivity contribution is 0.590. The Labute approximate surface area is 204 Å². The quantitative estimate of drug-likeness (QED) is 0.235. The van der Waals surface area contributed by atoms with Crippen LogP contribution in [0.15, 0.2) is 95.5 Å². The monoisotopic (exact) mass is 493 g/mol. The number of nitrogens with zero attached hydrogens (tertiary/aromatic N) is 1. The second-order valence-electron chi connectivity index (χ2n) is 9.65. The van der Waals surface area contributed by atoms with Crippen LogP contribution in [0.1, 0.15) is 38.8 Å². The standard InChI is InChI=1S/C31H28BrN/c1-5-8-21-11-16-28-27-9-6-7-10-29(27)33(30(28)17-21)26-14-12-22(13-15-26)23-18-24(31(2,3)4)20-25(32)19-23/h5-20H,1-4H3/b8-5+. The molecular weight excluding hydrogens is 466 g/mol. The van der Waals surface area contributed by atoms with E-state index in [1.165, 1.54) is 49.7 Å². The fourth-order valence-electron chi connectivity index (χ4n) is 4.55. The first-order valence-electron chi connectivity index (χ1n) is 11.4. The fraction of sp³-hybridized carbons (Fsp3) is 0.161. The number of para-hydroxylation sites is 1. The van der Waals surface area contributed by atoms with E-state index in [0.29, 0.717) is 0 Å². The van der Waals surface area contributed by atoms with Gasteiger partial charge in [0, 0.05) is 20.9 Å². The minimum absolute atomic E-state index is 0.103. The normalized spacial score (nSPS) is 12.3. The van der Waals surface area contributed by atoms with E-state index in [0.717, 1.165) is 4.47 Å². The predicted molar refractivity (Wildman–Crippen MR) is 147 cm³/mol. The van der Waals surface area contributed by atoms with Crippen molar-refractivity contribution in [3.63, 3.8) is 0 Å². The molecule has 5 rings (SSSR count). The number of halogens is 1. The summed E-state index contributed by atoms with van der Waals surface area (Å²) in [5.74, 6) is 0. The Balaban J connectivity index is 1.66. The van der Waals surface area contributed by atoms with E-state index >= 15 is 0 Å². The number of fused-ring (bicyclic) bond motifs is 3. The Bertz CT molecular complexity index is 1490. The van der Waals surface area contributed by atoms with Crippen molar-refractivity contribution >= 4 is 43.8 Å². The summed E-state index contributed by atoms with van der Waals surface area (Å²) in [7, 11) is 0. The number of aromatic nitrogens is 1. The molecule has 1 heterocycles. The molecule has 0 saturated heterocycles. The maximum Gasteiger partial charge on any atom is 0.0547 e. The van der Waals surface area contributed by atoms with E-state index in [1.54, 1.807) is 0 Å². The highest BCUT2D eigenvalue weighted by atomic mass is 79.9. The lowest BCUT2D eigenvalue weighted by Crippen LogP contribution is -2.11. The van der Waals surface area contributed by atoms with Crippen molar-refractivity contribution in [1.82, 2.24) is 4.57 Å². The van der Waals surface area contributed by atoms with Gasteiger partial charge in [-0.3, -0.25) is 0 Å². The maximum absolute atomic E-state index is 3.71. The fourth-order valence-corrected chi connectivity index (χ4v) is 5.05. The molecule has 0 radical (unpaired) electrons. The second kappa shape index (κ2) is 8.35. The van der Waals surface area contributed by atoms with Gasteiger partial charge in [-0.25, -0.2) is 0 Å². The Kier molecular flexibility index (Phi) is 5.50. The number of benzene rings is 4. The van der Waals surface area contributed by atoms with Crippen molar-refractivity contribution in [3.05, 3.63) is 107 Å². The van der Waals surface area contributed by atoms with Crippen molar-refractivity contribution in [3.8, 4) is 16.8 Å². The van der Waals surface area contributed by atoms with Gasteiger partial charge in [-0.05, 0) is 71.0 Å². The Morgan fingerprint density at radius 2 is 1.45 bits per heavy atom. The van der Waals surface area contributed by atoms with Gasteiger partial charge in [-0.2, -0.15) is 0 Å². The highest BCUT2D eigenvalue weighted by molar-refractivity contribution is 9.10. The molecule has 4 aromatic carbocycles. The van der Waals surface area contributed by atoms with Crippen molar-refractivity contribution in [2.24, 2.45) is 0 Å². The molecule has 0 aliphatic heterocycles. The molecule has 0 bridgehead atoms. The topological polar surface area (TPSA) is 4.93 Å². The lowest BCUT2D eigenvalue weighted by atomic mass is 9.85. The molecule has 0 amide bonds. The number of hydrogen-bond acceptors (Lipinski definition) is 0. The van der Waals surface area contributed by atoms with Gasteiger partial charge >= 0.3 is 0 Å². The van der Waals surface area contributed by atoms with Gasteiger partial charge in [-0.1, -0.05) is 97.4 Å². The third-order valence-corrected chi connectivity index (χ3v) is 6.74. The summed E-state index contributed by atoms with van der Waals surface area (Å²) in [6.45, 7) is 8.83. The second-order valence-corrected chi connectivity index (χ2v) is 10.6. The molecule has 0 fully saturated rings. The molecule has 33 heavy (non-hydrogen) atoms. The van der Waals surface area contributed by atoms with Crippen LogP contribution in [0.2, 0.25) is 0 Å². The molecule has 0 N–H and O–H groups in total. The van der Waals surface area contributed by atoms with Gasteiger partial charge in [0.15, 0.2) is 0 Å². The first kappa shape index (κ1) is 21.7. The summed E-state index contributed by atoms with van der Waals surface area (Å²) in [4.78, 5) is 0. The minimum atomic E-state index is 0.103. The molecule has 0 spiro atoms. The summed E-state index contributed by atoms with van der Waals surface area (Å²) < 4.78 is 3.50. The molecule has 164 valence electrons. The number of rotatable bonds is 3. The van der Waals surface area contributed by atoms with Crippen LogP contribution < -0.4 is 0 Å². The zero-order valence-electron chi connectivity index (χ0n) is 19.6. The van der Waals surface area contributed by atoms with E-state index < -0.39 is 0 Å². The van der Waals surface area contributed by atoms with Crippen molar-refractivity contribution in [2.45, 2.75) is 33.1 Å². The Morgan fingerprint density at radius 3 is 2.18 bits per heavy atom.